The van der Waals surface area contributed by atoms with E-state index in [4.69, 9.17) is 23.4 Å². The summed E-state index contributed by atoms with van der Waals surface area (Å²) in [7, 11) is -1.62. The highest BCUT2D eigenvalue weighted by atomic mass is 28.4. The van der Waals surface area contributed by atoms with E-state index in [1.807, 2.05) is 0 Å². The fourth-order valence-electron chi connectivity index (χ4n) is 9.17. The van der Waals surface area contributed by atoms with E-state index in [-0.39, 0.29) is 11.5 Å². The molecule has 260 valence electrons. The molecule has 6 rings (SSSR count). The zero-order chi connectivity index (χ0) is 33.1. The fourth-order valence-corrected chi connectivity index (χ4v) is 10.3. The maximum atomic E-state index is 6.98. The van der Waals surface area contributed by atoms with Crippen molar-refractivity contribution < 1.29 is 23.4 Å². The second kappa shape index (κ2) is 14.6. The van der Waals surface area contributed by atoms with Gasteiger partial charge in [-0.1, -0.05) is 89.8 Å². The third-order valence-electron chi connectivity index (χ3n) is 12.8. The Morgan fingerprint density at radius 3 is 2.30 bits per heavy atom. The highest BCUT2D eigenvalue weighted by Crippen LogP contribution is 2.66. The molecule has 5 nitrogen and oxygen atoms in total. The van der Waals surface area contributed by atoms with Crippen LogP contribution in [0.1, 0.15) is 115 Å². The molecule has 1 heterocycles. The molecule has 0 aromatic heterocycles. The van der Waals surface area contributed by atoms with E-state index >= 15 is 0 Å². The number of benzene rings is 2. The van der Waals surface area contributed by atoms with Crippen LogP contribution in [0, 0.1) is 17.3 Å². The van der Waals surface area contributed by atoms with Gasteiger partial charge in [0.2, 0.25) is 0 Å². The highest BCUT2D eigenvalue weighted by molar-refractivity contribution is 6.74. The summed E-state index contributed by atoms with van der Waals surface area (Å²) < 4.78 is 32.6. The quantitative estimate of drug-likeness (QED) is 0.149. The fraction of sp³-hybridized carbons (Fsp3) is 0.707. The van der Waals surface area contributed by atoms with Crippen molar-refractivity contribution in [2.45, 2.75) is 141 Å². The van der Waals surface area contributed by atoms with Crippen LogP contribution in [-0.2, 0) is 31.7 Å². The Hall–Kier alpha value is -1.70. The molecule has 1 saturated heterocycles. The van der Waals surface area contributed by atoms with Gasteiger partial charge in [-0.05, 0) is 97.3 Å². The number of ether oxygens (including phenoxy) is 4. The van der Waals surface area contributed by atoms with Crippen LogP contribution in [-0.4, -0.2) is 46.6 Å². The lowest BCUT2D eigenvalue weighted by atomic mass is 9.53. The molecule has 3 fully saturated rings. The van der Waals surface area contributed by atoms with Gasteiger partial charge in [-0.25, -0.2) is 0 Å². The van der Waals surface area contributed by atoms with Gasteiger partial charge in [-0.15, -0.1) is 0 Å². The molecule has 2 saturated carbocycles. The van der Waals surface area contributed by atoms with E-state index in [9.17, 15) is 0 Å². The molecule has 0 bridgehead atoms. The van der Waals surface area contributed by atoms with Gasteiger partial charge in [0, 0.05) is 31.0 Å². The third-order valence-corrected chi connectivity index (χ3v) is 17.4. The zero-order valence-corrected chi connectivity index (χ0v) is 31.3. The van der Waals surface area contributed by atoms with Crippen molar-refractivity contribution in [2.24, 2.45) is 17.3 Å². The Bertz CT molecular complexity index is 1300. The van der Waals surface area contributed by atoms with Crippen LogP contribution in [0.25, 0.3) is 0 Å². The number of rotatable bonds is 14. The summed E-state index contributed by atoms with van der Waals surface area (Å²) in [4.78, 5) is 0. The smallest absolute Gasteiger partial charge is 0.191 e. The molecule has 3 aliphatic carbocycles. The number of hydrogen-bond acceptors (Lipinski definition) is 5. The van der Waals surface area contributed by atoms with Gasteiger partial charge in [-0.2, -0.15) is 0 Å². The van der Waals surface area contributed by atoms with Gasteiger partial charge in [0.05, 0.1) is 19.3 Å². The van der Waals surface area contributed by atoms with Crippen molar-refractivity contribution in [3.63, 3.8) is 0 Å². The van der Waals surface area contributed by atoms with Crippen molar-refractivity contribution >= 4 is 8.32 Å². The van der Waals surface area contributed by atoms with E-state index in [0.717, 1.165) is 57.9 Å². The summed E-state index contributed by atoms with van der Waals surface area (Å²) in [6.07, 6.45) is 13.1. The van der Waals surface area contributed by atoms with Crippen LogP contribution >= 0.6 is 0 Å². The predicted octanol–water partition coefficient (Wildman–Crippen LogP) is 10.2. The minimum atomic E-state index is -1.62. The van der Waals surface area contributed by atoms with Crippen LogP contribution < -0.4 is 4.74 Å². The molecule has 0 radical (unpaired) electrons. The molecule has 1 aliphatic heterocycles. The SMILES string of the molecule is CC(C)(C)[Si](C)(C)OCCCCCCCCO[C@H]1C[C@@]2(C)[C@@H](CCC23OCCO3)[C@@H]2CCc3cc(OCc4ccccc4)ccc3[C@H]21. The molecule has 6 heteroatoms. The normalized spacial score (nSPS) is 28.2. The number of fused-ring (bicyclic) bond motifs is 6. The zero-order valence-electron chi connectivity index (χ0n) is 30.3. The molecule has 4 aliphatic rings. The van der Waals surface area contributed by atoms with Gasteiger partial charge in [0.15, 0.2) is 14.1 Å². The van der Waals surface area contributed by atoms with Gasteiger partial charge in [-0.3, -0.25) is 0 Å². The predicted molar refractivity (Wildman–Crippen MR) is 192 cm³/mol. The van der Waals surface area contributed by atoms with Crippen molar-refractivity contribution in [1.82, 2.24) is 0 Å². The molecular formula is C41H62O5Si. The monoisotopic (exact) mass is 662 g/mol. The first-order valence-electron chi connectivity index (χ1n) is 18.9. The Kier molecular flexibility index (Phi) is 10.9. The summed E-state index contributed by atoms with van der Waals surface area (Å²) in [6, 6.07) is 17.3. The summed E-state index contributed by atoms with van der Waals surface area (Å²) in [5.74, 6) is 2.19. The van der Waals surface area contributed by atoms with E-state index in [0.29, 0.717) is 29.4 Å². The highest BCUT2D eigenvalue weighted by Gasteiger charge is 2.67. The molecule has 0 N–H and O–H groups in total. The van der Waals surface area contributed by atoms with E-state index in [2.05, 4.69) is 89.3 Å². The van der Waals surface area contributed by atoms with Crippen LogP contribution in [0.5, 0.6) is 5.75 Å². The average Bonchev–Trinajstić information content (AvgIpc) is 3.65. The number of unbranched alkanes of at least 4 members (excludes halogenated alkanes) is 5. The van der Waals surface area contributed by atoms with E-state index < -0.39 is 14.1 Å². The lowest BCUT2D eigenvalue weighted by Crippen LogP contribution is -2.56. The average molecular weight is 663 g/mol. The lowest BCUT2D eigenvalue weighted by Gasteiger charge is -2.55. The molecular weight excluding hydrogens is 601 g/mol. The Labute approximate surface area is 286 Å². The maximum Gasteiger partial charge on any atom is 0.191 e. The van der Waals surface area contributed by atoms with Crippen LogP contribution in [0.15, 0.2) is 48.5 Å². The van der Waals surface area contributed by atoms with Crippen LogP contribution in [0.2, 0.25) is 18.1 Å². The van der Waals surface area contributed by atoms with Gasteiger partial charge >= 0.3 is 0 Å². The van der Waals surface area contributed by atoms with E-state index in [1.165, 1.54) is 61.6 Å². The second-order valence-electron chi connectivity index (χ2n) is 16.7. The standard InChI is InChI=1S/C41H62O5Si/c1-39(2,3)47(5,6)46-25-15-10-8-7-9-14-24-42-37-29-40(4)36(22-23-41(40)44-26-27-45-41)35-20-18-32-28-33(19-21-34(32)38(35)37)43-30-31-16-12-11-13-17-31/h11-13,16-17,19,21,28,35-38H,7-10,14-15,18,20,22-27,29-30H2,1-6H3/t35-,36-,37-,38+,40-/m0/s1. The van der Waals surface area contributed by atoms with Crippen molar-refractivity contribution in [2.75, 3.05) is 26.4 Å². The lowest BCUT2D eigenvalue weighted by molar-refractivity contribution is -0.249. The van der Waals surface area contributed by atoms with Crippen molar-refractivity contribution in [3.8, 4) is 5.75 Å². The summed E-state index contributed by atoms with van der Waals surface area (Å²) in [5.41, 5.74) is 4.15. The summed E-state index contributed by atoms with van der Waals surface area (Å²) in [6.45, 7) is 17.9. The van der Waals surface area contributed by atoms with E-state index in [1.54, 1.807) is 0 Å². The first-order valence-corrected chi connectivity index (χ1v) is 21.8. The Morgan fingerprint density at radius 1 is 0.872 bits per heavy atom. The Balaban J connectivity index is 1.06. The second-order valence-corrected chi connectivity index (χ2v) is 21.5. The molecule has 1 spiro atoms. The van der Waals surface area contributed by atoms with Crippen molar-refractivity contribution in [3.05, 3.63) is 65.2 Å². The molecule has 0 amide bonds. The van der Waals surface area contributed by atoms with Gasteiger partial charge < -0.3 is 23.4 Å². The molecule has 2 aromatic carbocycles. The third kappa shape index (κ3) is 7.43. The summed E-state index contributed by atoms with van der Waals surface area (Å²) >= 11 is 0. The number of aryl methyl sites for hydroxylation is 1. The molecule has 2 aromatic rings. The molecule has 47 heavy (non-hydrogen) atoms. The van der Waals surface area contributed by atoms with Crippen LogP contribution in [0.3, 0.4) is 0 Å². The topological polar surface area (TPSA) is 46.2 Å². The minimum Gasteiger partial charge on any atom is -0.489 e. The maximum absolute atomic E-state index is 6.98. The largest absolute Gasteiger partial charge is 0.489 e. The Morgan fingerprint density at radius 2 is 1.57 bits per heavy atom. The molecule has 5 atom stereocenters. The van der Waals surface area contributed by atoms with Crippen molar-refractivity contribution in [1.29, 1.82) is 0 Å². The molecule has 0 unspecified atom stereocenters. The first-order chi connectivity index (χ1) is 22.5. The first kappa shape index (κ1) is 35.1. The minimum absolute atomic E-state index is 0.00193. The van der Waals surface area contributed by atoms with Gasteiger partial charge in [0.1, 0.15) is 12.4 Å². The van der Waals surface area contributed by atoms with Gasteiger partial charge in [0.25, 0.3) is 0 Å². The summed E-state index contributed by atoms with van der Waals surface area (Å²) in [5, 5.41) is 0.290. The van der Waals surface area contributed by atoms with Crippen LogP contribution in [0.4, 0.5) is 0 Å². The number of hydrogen-bond donors (Lipinski definition) is 0.